The number of carbonyl (C=O) groups is 2. The zero-order valence-electron chi connectivity index (χ0n) is 18.1. The number of aromatic nitrogens is 2. The minimum Gasteiger partial charge on any atom is -0.452 e. The number of anilines is 3. The molecule has 0 atom stereocenters. The van der Waals surface area contributed by atoms with E-state index < -0.39 is 29.7 Å². The zero-order valence-corrected chi connectivity index (χ0v) is 18.1. The van der Waals surface area contributed by atoms with Crippen LogP contribution in [-0.2, 0) is 16.1 Å². The number of amides is 1. The van der Waals surface area contributed by atoms with Gasteiger partial charge in [-0.05, 0) is 25.0 Å². The lowest BCUT2D eigenvalue weighted by atomic mass is 10.2. The van der Waals surface area contributed by atoms with Gasteiger partial charge in [0.05, 0.1) is 5.56 Å². The van der Waals surface area contributed by atoms with Gasteiger partial charge < -0.3 is 20.7 Å². The van der Waals surface area contributed by atoms with E-state index in [0.717, 1.165) is 6.42 Å². The van der Waals surface area contributed by atoms with Crippen molar-refractivity contribution in [3.05, 3.63) is 50.7 Å². The number of hydrogen-bond acceptors (Lipinski definition) is 7. The molecule has 1 amide bonds. The summed E-state index contributed by atoms with van der Waals surface area (Å²) in [6.45, 7) is 3.70. The number of benzene rings is 1. The fourth-order valence-corrected chi connectivity index (χ4v) is 3.12. The third-order valence-corrected chi connectivity index (χ3v) is 4.71. The number of nitrogens with zero attached hydrogens (tertiary/aromatic N) is 2. The van der Waals surface area contributed by atoms with Gasteiger partial charge in [-0.3, -0.25) is 19.1 Å². The number of nitrogens with two attached hydrogens (primary N) is 1. The largest absolute Gasteiger partial charge is 0.452 e. The first kappa shape index (κ1) is 23.7. The van der Waals surface area contributed by atoms with Crippen LogP contribution in [0, 0.1) is 0 Å². The third kappa shape index (κ3) is 5.53. The molecule has 0 radical (unpaired) electrons. The Labute approximate surface area is 180 Å². The van der Waals surface area contributed by atoms with E-state index >= 15 is 0 Å². The standard InChI is InChI=1S/C21H29N5O5/c1-4-6-12-25(17-18(22)26(11-5-2)21(30)24-19(17)28)16(27)13-31-20(29)14-9-7-8-10-15(14)23-3/h7-10,23H,4-6,11-13,22H2,1-3H3,(H,24,28,30). The molecule has 10 nitrogen and oxygen atoms in total. The summed E-state index contributed by atoms with van der Waals surface area (Å²) < 4.78 is 6.42. The molecule has 0 aliphatic rings. The molecule has 0 aliphatic heterocycles. The molecule has 2 aromatic rings. The lowest BCUT2D eigenvalue weighted by Gasteiger charge is -2.24. The summed E-state index contributed by atoms with van der Waals surface area (Å²) in [6, 6.07) is 6.74. The average molecular weight is 431 g/mol. The summed E-state index contributed by atoms with van der Waals surface area (Å²) in [7, 11) is 1.67. The van der Waals surface area contributed by atoms with Gasteiger partial charge in [-0.25, -0.2) is 9.59 Å². The number of carbonyl (C=O) groups excluding carboxylic acids is 2. The average Bonchev–Trinajstić information content (AvgIpc) is 2.76. The molecule has 2 rings (SSSR count). The maximum Gasteiger partial charge on any atom is 0.340 e. The van der Waals surface area contributed by atoms with Crippen molar-refractivity contribution in [3.63, 3.8) is 0 Å². The van der Waals surface area contributed by atoms with E-state index in [9.17, 15) is 19.2 Å². The highest BCUT2D eigenvalue weighted by Gasteiger charge is 2.25. The number of nitrogen functional groups attached to an aromatic ring is 1. The summed E-state index contributed by atoms with van der Waals surface area (Å²) >= 11 is 0. The molecule has 0 fully saturated rings. The Hall–Kier alpha value is -3.56. The zero-order chi connectivity index (χ0) is 23.0. The Balaban J connectivity index is 2.32. The predicted octanol–water partition coefficient (Wildman–Crippen LogP) is 1.56. The van der Waals surface area contributed by atoms with Crippen LogP contribution >= 0.6 is 0 Å². The molecule has 1 aromatic heterocycles. The monoisotopic (exact) mass is 431 g/mol. The highest BCUT2D eigenvalue weighted by Crippen LogP contribution is 2.19. The Morgan fingerprint density at radius 1 is 1.19 bits per heavy atom. The van der Waals surface area contributed by atoms with Crippen molar-refractivity contribution in [2.45, 2.75) is 39.7 Å². The van der Waals surface area contributed by atoms with Gasteiger partial charge in [-0.2, -0.15) is 0 Å². The molecule has 10 heteroatoms. The number of unbranched alkanes of at least 4 members (excludes halogenated alkanes) is 1. The number of hydrogen-bond donors (Lipinski definition) is 3. The van der Waals surface area contributed by atoms with Gasteiger partial charge in [0, 0.05) is 25.8 Å². The van der Waals surface area contributed by atoms with Gasteiger partial charge >= 0.3 is 11.7 Å². The van der Waals surface area contributed by atoms with Gasteiger partial charge in [-0.1, -0.05) is 32.4 Å². The van der Waals surface area contributed by atoms with E-state index in [4.69, 9.17) is 10.5 Å². The van der Waals surface area contributed by atoms with E-state index in [2.05, 4.69) is 10.3 Å². The highest BCUT2D eigenvalue weighted by atomic mass is 16.5. The first-order valence-corrected chi connectivity index (χ1v) is 10.2. The SMILES string of the molecule is CCCCN(C(=O)COC(=O)c1ccccc1NC)c1c(N)n(CCC)c(=O)[nH]c1=O. The second kappa shape index (κ2) is 11.0. The molecule has 0 saturated carbocycles. The van der Waals surface area contributed by atoms with E-state index in [1.165, 1.54) is 9.47 Å². The van der Waals surface area contributed by atoms with Gasteiger partial charge in [0.25, 0.3) is 11.5 Å². The Bertz CT molecular complexity index is 1040. The molecular formula is C21H29N5O5. The normalized spacial score (nSPS) is 10.5. The van der Waals surface area contributed by atoms with Crippen LogP contribution in [0.5, 0.6) is 0 Å². The molecular weight excluding hydrogens is 402 g/mol. The molecule has 0 spiro atoms. The van der Waals surface area contributed by atoms with Crippen LogP contribution in [0.1, 0.15) is 43.5 Å². The summed E-state index contributed by atoms with van der Waals surface area (Å²) in [6.07, 6.45) is 1.96. The Morgan fingerprint density at radius 3 is 2.55 bits per heavy atom. The lowest BCUT2D eigenvalue weighted by molar-refractivity contribution is -0.121. The van der Waals surface area contributed by atoms with Crippen LogP contribution in [0.3, 0.4) is 0 Å². The Morgan fingerprint density at radius 2 is 1.90 bits per heavy atom. The number of rotatable bonds is 10. The summed E-state index contributed by atoms with van der Waals surface area (Å²) in [5.74, 6) is -1.37. The minimum absolute atomic E-state index is 0.0908. The number of nitrogens with one attached hydrogen (secondary N) is 2. The van der Waals surface area contributed by atoms with Crippen LogP contribution in [0.4, 0.5) is 17.2 Å². The predicted molar refractivity (Wildman–Crippen MR) is 120 cm³/mol. The smallest absolute Gasteiger partial charge is 0.340 e. The maximum absolute atomic E-state index is 12.9. The van der Waals surface area contributed by atoms with Crippen molar-refractivity contribution >= 4 is 29.1 Å². The van der Waals surface area contributed by atoms with Crippen LogP contribution < -0.4 is 27.2 Å². The molecule has 0 saturated heterocycles. The molecule has 168 valence electrons. The van der Waals surface area contributed by atoms with E-state index in [1.807, 2.05) is 13.8 Å². The molecule has 4 N–H and O–H groups in total. The first-order valence-electron chi connectivity index (χ1n) is 10.2. The fraction of sp³-hybridized carbons (Fsp3) is 0.429. The van der Waals surface area contributed by atoms with Gasteiger partial charge in [0.2, 0.25) is 0 Å². The van der Waals surface area contributed by atoms with Gasteiger partial charge in [-0.15, -0.1) is 0 Å². The molecule has 31 heavy (non-hydrogen) atoms. The van der Waals surface area contributed by atoms with Crippen molar-refractivity contribution in [1.82, 2.24) is 9.55 Å². The van der Waals surface area contributed by atoms with Crippen molar-refractivity contribution in [1.29, 1.82) is 0 Å². The van der Waals surface area contributed by atoms with Crippen LogP contribution in [-0.4, -0.2) is 41.6 Å². The van der Waals surface area contributed by atoms with Crippen LogP contribution in [0.25, 0.3) is 0 Å². The topological polar surface area (TPSA) is 140 Å². The maximum atomic E-state index is 12.9. The van der Waals surface area contributed by atoms with E-state index in [1.54, 1.807) is 31.3 Å². The summed E-state index contributed by atoms with van der Waals surface area (Å²) in [4.78, 5) is 53.4. The molecule has 1 heterocycles. The summed E-state index contributed by atoms with van der Waals surface area (Å²) in [5, 5.41) is 2.89. The molecule has 0 aliphatic carbocycles. The van der Waals surface area contributed by atoms with Crippen molar-refractivity contribution in [2.24, 2.45) is 0 Å². The van der Waals surface area contributed by atoms with Crippen molar-refractivity contribution < 1.29 is 14.3 Å². The first-order chi connectivity index (χ1) is 14.8. The van der Waals surface area contributed by atoms with Crippen LogP contribution in [0.2, 0.25) is 0 Å². The number of esters is 1. The lowest BCUT2D eigenvalue weighted by Crippen LogP contribution is -2.43. The van der Waals surface area contributed by atoms with Crippen LogP contribution in [0.15, 0.2) is 33.9 Å². The minimum atomic E-state index is -0.758. The second-order valence-corrected chi connectivity index (χ2v) is 6.92. The van der Waals surface area contributed by atoms with Gasteiger partial charge in [0.15, 0.2) is 12.3 Å². The third-order valence-electron chi connectivity index (χ3n) is 4.71. The van der Waals surface area contributed by atoms with E-state index in [0.29, 0.717) is 25.1 Å². The van der Waals surface area contributed by atoms with Crippen molar-refractivity contribution in [3.8, 4) is 0 Å². The molecule has 0 bridgehead atoms. The second-order valence-electron chi connectivity index (χ2n) is 6.92. The summed E-state index contributed by atoms with van der Waals surface area (Å²) in [5.41, 5.74) is 5.44. The van der Waals surface area contributed by atoms with Crippen molar-refractivity contribution in [2.75, 3.05) is 36.1 Å². The number of H-pyrrole nitrogens is 1. The quantitative estimate of drug-likeness (QED) is 0.485. The molecule has 0 unspecified atom stereocenters. The van der Waals surface area contributed by atoms with E-state index in [-0.39, 0.29) is 23.6 Å². The highest BCUT2D eigenvalue weighted by molar-refractivity contribution is 6.00. The fourth-order valence-electron chi connectivity index (χ4n) is 3.12. The number of aromatic amines is 1. The number of para-hydroxylation sites is 1. The number of ether oxygens (including phenoxy) is 1. The Kier molecular flexibility index (Phi) is 8.42. The molecule has 1 aromatic carbocycles. The van der Waals surface area contributed by atoms with Gasteiger partial charge in [0.1, 0.15) is 5.82 Å².